The van der Waals surface area contributed by atoms with Crippen molar-refractivity contribution in [3.63, 3.8) is 0 Å². The zero-order chi connectivity index (χ0) is 18.4. The van der Waals surface area contributed by atoms with Gasteiger partial charge in [-0.15, -0.1) is 0 Å². The van der Waals surface area contributed by atoms with Gasteiger partial charge in [-0.2, -0.15) is 0 Å². The molecule has 2 heterocycles. The summed E-state index contributed by atoms with van der Waals surface area (Å²) in [5.41, 5.74) is 2.05. The lowest BCUT2D eigenvalue weighted by Gasteiger charge is -2.24. The van der Waals surface area contributed by atoms with E-state index in [9.17, 15) is 13.2 Å². The van der Waals surface area contributed by atoms with E-state index in [2.05, 4.69) is 25.9 Å². The Morgan fingerprint density at radius 3 is 2.56 bits per heavy atom. The van der Waals surface area contributed by atoms with Gasteiger partial charge in [0.05, 0.1) is 15.8 Å². The molecule has 0 atom stereocenters. The molecule has 0 fully saturated rings. The molecule has 3 rings (SSSR count). The monoisotopic (exact) mass is 420 g/mol. The number of nitrogens with one attached hydrogen (secondary N) is 1. The third kappa shape index (κ3) is 3.14. The minimum absolute atomic E-state index is 0.260. The van der Waals surface area contributed by atoms with Gasteiger partial charge in [-0.1, -0.05) is 6.07 Å². The molecule has 0 spiro atoms. The van der Waals surface area contributed by atoms with Crippen LogP contribution in [0.3, 0.4) is 0 Å². The molecule has 0 saturated heterocycles. The summed E-state index contributed by atoms with van der Waals surface area (Å²) in [6.07, 6.45) is 4.43. The van der Waals surface area contributed by atoms with Crippen molar-refractivity contribution in [2.45, 2.75) is 18.6 Å². The third-order valence-corrected chi connectivity index (χ3v) is 7.03. The zero-order valence-electron chi connectivity index (χ0n) is 14.0. The van der Waals surface area contributed by atoms with Crippen molar-refractivity contribution in [3.05, 3.63) is 63.1 Å². The van der Waals surface area contributed by atoms with Crippen molar-refractivity contribution in [3.8, 4) is 11.1 Å². The number of benzene rings is 1. The van der Waals surface area contributed by atoms with Crippen LogP contribution >= 0.6 is 15.9 Å². The normalized spacial score (nSPS) is 12.5. The molecule has 3 aromatic rings. The highest BCUT2D eigenvalue weighted by Gasteiger charge is 2.33. The first kappa shape index (κ1) is 17.8. The van der Waals surface area contributed by atoms with Gasteiger partial charge in [0, 0.05) is 34.1 Å². The third-order valence-electron chi connectivity index (χ3n) is 4.49. The Morgan fingerprint density at radius 2 is 1.88 bits per heavy atom. The molecule has 0 saturated carbocycles. The number of nitrogens with zero attached hydrogens (tertiary/aromatic N) is 1. The van der Waals surface area contributed by atoms with Gasteiger partial charge in [0.15, 0.2) is 9.84 Å². The summed E-state index contributed by atoms with van der Waals surface area (Å²) in [7, 11) is -3.36. The van der Waals surface area contributed by atoms with Crippen LogP contribution in [-0.2, 0) is 14.6 Å². The van der Waals surface area contributed by atoms with E-state index in [4.69, 9.17) is 0 Å². The quantitative estimate of drug-likeness (QED) is 0.701. The molecule has 0 unspecified atom stereocenters. The van der Waals surface area contributed by atoms with Crippen LogP contribution in [0.5, 0.6) is 0 Å². The number of aromatic nitrogens is 2. The summed E-state index contributed by atoms with van der Waals surface area (Å²) in [6.45, 7) is 3.32. The Bertz CT molecular complexity index is 1130. The number of rotatable bonds is 3. The van der Waals surface area contributed by atoms with E-state index in [1.807, 2.05) is 12.1 Å². The Balaban J connectivity index is 2.43. The van der Waals surface area contributed by atoms with Gasteiger partial charge >= 0.3 is 0 Å². The number of sulfone groups is 1. The van der Waals surface area contributed by atoms with Crippen LogP contribution in [0, 0.1) is 0 Å². The second kappa shape index (κ2) is 6.07. The van der Waals surface area contributed by atoms with Crippen LogP contribution in [-0.4, -0.2) is 24.6 Å². The van der Waals surface area contributed by atoms with Gasteiger partial charge in [-0.3, -0.25) is 9.78 Å². The highest BCUT2D eigenvalue weighted by molar-refractivity contribution is 9.10. The van der Waals surface area contributed by atoms with Crippen molar-refractivity contribution in [2.75, 3.05) is 6.26 Å². The number of aromatic amines is 1. The molecule has 0 radical (unpaired) electrons. The fraction of sp³-hybridized carbons (Fsp3) is 0.222. The highest BCUT2D eigenvalue weighted by atomic mass is 79.9. The van der Waals surface area contributed by atoms with E-state index >= 15 is 0 Å². The summed E-state index contributed by atoms with van der Waals surface area (Å²) in [5.74, 6) is 0. The number of H-pyrrole nitrogens is 1. The van der Waals surface area contributed by atoms with Gasteiger partial charge < -0.3 is 4.98 Å². The van der Waals surface area contributed by atoms with Crippen molar-refractivity contribution in [1.82, 2.24) is 9.97 Å². The average molecular weight is 421 g/mol. The molecule has 7 heteroatoms. The lowest BCUT2D eigenvalue weighted by molar-refractivity contribution is 0.561. The van der Waals surface area contributed by atoms with E-state index in [1.54, 1.807) is 44.4 Å². The van der Waals surface area contributed by atoms with Gasteiger partial charge in [0.1, 0.15) is 0 Å². The van der Waals surface area contributed by atoms with E-state index in [0.29, 0.717) is 22.2 Å². The summed E-state index contributed by atoms with van der Waals surface area (Å²) >= 11 is 3.36. The Kier molecular flexibility index (Phi) is 4.33. The molecule has 1 N–H and O–H groups in total. The number of fused-ring (bicyclic) bond motifs is 1. The van der Waals surface area contributed by atoms with Crippen LogP contribution in [0.15, 0.2) is 52.0 Å². The fourth-order valence-corrected chi connectivity index (χ4v) is 3.51. The molecule has 25 heavy (non-hydrogen) atoms. The molecule has 1 aromatic carbocycles. The molecule has 0 aliphatic carbocycles. The van der Waals surface area contributed by atoms with Crippen molar-refractivity contribution >= 4 is 36.7 Å². The second-order valence-corrected chi connectivity index (χ2v) is 9.92. The van der Waals surface area contributed by atoms with E-state index < -0.39 is 14.6 Å². The minimum Gasteiger partial charge on any atom is -0.327 e. The molecular formula is C18H17BrN2O3S. The number of hydrogen-bond acceptors (Lipinski definition) is 4. The minimum atomic E-state index is -3.36. The molecule has 0 bridgehead atoms. The topological polar surface area (TPSA) is 79.9 Å². The SMILES string of the molecule is CC(C)(c1cc(-c2cc(Br)c[nH]c2=O)c2ncccc2c1)S(C)(=O)=O. The number of pyridine rings is 2. The maximum Gasteiger partial charge on any atom is 0.255 e. The van der Waals surface area contributed by atoms with Crippen LogP contribution in [0.25, 0.3) is 22.0 Å². The highest BCUT2D eigenvalue weighted by Crippen LogP contribution is 2.35. The average Bonchev–Trinajstić information content (AvgIpc) is 2.55. The predicted molar refractivity (Wildman–Crippen MR) is 103 cm³/mol. The van der Waals surface area contributed by atoms with Gasteiger partial charge in [-0.05, 0) is 59.6 Å². The standard InChI is InChI=1S/C18H17BrN2O3S/c1-18(2,25(3,23)24)12-7-11-5-4-6-20-16(11)14(8-12)15-9-13(19)10-21-17(15)22/h4-10H,1-3H3,(H,21,22). The van der Waals surface area contributed by atoms with Crippen molar-refractivity contribution in [1.29, 1.82) is 0 Å². The first-order valence-corrected chi connectivity index (χ1v) is 10.3. The molecule has 0 amide bonds. The lowest BCUT2D eigenvalue weighted by Crippen LogP contribution is -2.28. The van der Waals surface area contributed by atoms with Crippen molar-refractivity contribution in [2.24, 2.45) is 0 Å². The summed E-state index contributed by atoms with van der Waals surface area (Å²) in [5, 5.41) is 0.783. The Morgan fingerprint density at radius 1 is 1.16 bits per heavy atom. The zero-order valence-corrected chi connectivity index (χ0v) is 16.4. The van der Waals surface area contributed by atoms with Crippen LogP contribution in [0.2, 0.25) is 0 Å². The van der Waals surface area contributed by atoms with Gasteiger partial charge in [0.25, 0.3) is 5.56 Å². The van der Waals surface area contributed by atoms with Gasteiger partial charge in [-0.25, -0.2) is 8.42 Å². The first-order chi connectivity index (χ1) is 11.6. The molecule has 0 aliphatic heterocycles. The van der Waals surface area contributed by atoms with E-state index in [0.717, 1.165) is 9.86 Å². The predicted octanol–water partition coefficient (Wildman–Crippen LogP) is 3.63. The maximum atomic E-state index is 12.4. The number of halogens is 1. The number of hydrogen-bond donors (Lipinski definition) is 1. The lowest BCUT2D eigenvalue weighted by atomic mass is 9.94. The van der Waals surface area contributed by atoms with Crippen molar-refractivity contribution < 1.29 is 8.42 Å². The second-order valence-electron chi connectivity index (χ2n) is 6.44. The molecule has 130 valence electrons. The molecule has 2 aromatic heterocycles. The summed E-state index contributed by atoms with van der Waals surface area (Å²) in [6, 6.07) is 8.92. The molecule has 0 aliphatic rings. The smallest absolute Gasteiger partial charge is 0.255 e. The maximum absolute atomic E-state index is 12.4. The Hall–Kier alpha value is -1.99. The largest absolute Gasteiger partial charge is 0.327 e. The Labute approximate surface area is 154 Å². The molecule has 5 nitrogen and oxygen atoms in total. The van der Waals surface area contributed by atoms with Crippen LogP contribution in [0.4, 0.5) is 0 Å². The van der Waals surface area contributed by atoms with E-state index in [-0.39, 0.29) is 5.56 Å². The summed E-state index contributed by atoms with van der Waals surface area (Å²) in [4.78, 5) is 19.4. The first-order valence-electron chi connectivity index (χ1n) is 7.59. The molecular weight excluding hydrogens is 404 g/mol. The summed E-state index contributed by atoms with van der Waals surface area (Å²) < 4.78 is 24.2. The van der Waals surface area contributed by atoms with Gasteiger partial charge in [0.2, 0.25) is 0 Å². The van der Waals surface area contributed by atoms with Crippen LogP contribution in [0.1, 0.15) is 19.4 Å². The fourth-order valence-electron chi connectivity index (χ4n) is 2.62. The van der Waals surface area contributed by atoms with Crippen LogP contribution < -0.4 is 5.56 Å². The van der Waals surface area contributed by atoms with E-state index in [1.165, 1.54) is 6.26 Å².